The molecule has 10 aromatic carbocycles. The van der Waals surface area contributed by atoms with Crippen molar-refractivity contribution in [3.05, 3.63) is 169 Å². The highest BCUT2D eigenvalue weighted by Crippen LogP contribution is 2.59. The first-order valence-electron chi connectivity index (χ1n) is 22.8. The van der Waals surface area contributed by atoms with Gasteiger partial charge >= 0.3 is 0 Å². The Morgan fingerprint density at radius 2 is 0.712 bits per heavy atom. The summed E-state index contributed by atoms with van der Waals surface area (Å²) in [6.07, 6.45) is 0. The van der Waals surface area contributed by atoms with Gasteiger partial charge in [-0.05, 0) is 116 Å². The summed E-state index contributed by atoms with van der Waals surface area (Å²) in [7, 11) is 0. The third kappa shape index (κ3) is 5.31. The van der Waals surface area contributed by atoms with E-state index in [0.29, 0.717) is 0 Å². The lowest BCUT2D eigenvalue weighted by atomic mass is 9.77. The van der Waals surface area contributed by atoms with Crippen molar-refractivity contribution in [1.82, 2.24) is 0 Å². The molecule has 0 N–H and O–H groups in total. The molecular formula is C60H44N2O2S2. The normalized spacial score (nSPS) is 13.8. The molecule has 0 amide bonds. The molecule has 66 heavy (non-hydrogen) atoms. The van der Waals surface area contributed by atoms with Crippen molar-refractivity contribution in [2.45, 2.75) is 52.4 Å². The second-order valence-electron chi connectivity index (χ2n) is 20.1. The highest BCUT2D eigenvalue weighted by molar-refractivity contribution is 7.26. The third-order valence-electron chi connectivity index (χ3n) is 14.0. The summed E-state index contributed by atoms with van der Waals surface area (Å²) in [5.74, 6) is 3.42. The van der Waals surface area contributed by atoms with Crippen LogP contribution in [0.2, 0.25) is 0 Å². The van der Waals surface area contributed by atoms with E-state index in [-0.39, 0.29) is 10.8 Å². The van der Waals surface area contributed by atoms with Crippen LogP contribution in [-0.2, 0) is 10.8 Å². The minimum atomic E-state index is -0.172. The van der Waals surface area contributed by atoms with E-state index in [1.807, 2.05) is 22.7 Å². The Balaban J connectivity index is 1.10. The van der Waals surface area contributed by atoms with Crippen LogP contribution in [0.15, 0.2) is 158 Å². The van der Waals surface area contributed by atoms with E-state index in [1.165, 1.54) is 83.8 Å². The van der Waals surface area contributed by atoms with E-state index >= 15 is 0 Å². The molecule has 14 rings (SSSR count). The zero-order valence-corrected chi connectivity index (χ0v) is 39.2. The second-order valence-corrected chi connectivity index (χ2v) is 22.3. The summed E-state index contributed by atoms with van der Waals surface area (Å²) in [6, 6.07) is 58.2. The minimum absolute atomic E-state index is 0.172. The number of nitrogens with zero attached hydrogens (tertiary/aromatic N) is 2. The second kappa shape index (κ2) is 13.3. The molecule has 2 aliphatic rings. The van der Waals surface area contributed by atoms with Crippen LogP contribution in [-0.4, -0.2) is 0 Å². The molecule has 12 aromatic rings. The molecular weight excluding hydrogens is 845 g/mol. The number of ether oxygens (including phenoxy) is 2. The molecule has 0 saturated heterocycles. The fourth-order valence-corrected chi connectivity index (χ4v) is 13.3. The van der Waals surface area contributed by atoms with Gasteiger partial charge in [0.15, 0.2) is 23.0 Å². The lowest BCUT2D eigenvalue weighted by molar-refractivity contribution is 0.477. The van der Waals surface area contributed by atoms with E-state index in [1.54, 1.807) is 0 Å². The Bertz CT molecular complexity index is 3790. The van der Waals surface area contributed by atoms with Gasteiger partial charge in [0.25, 0.3) is 0 Å². The fraction of sp³-hybridized carbons (Fsp3) is 0.133. The molecule has 0 radical (unpaired) electrons. The standard InChI is InChI=1S/C60H44N2O2S2/c1-59(2,3)41-29-45(61-43-17-9-11-19-49(43)63-51-27-39-33-15-7-13-21-53(33)65-55(39)31-47(51)61)37-26-24-36-42(60(4,5)6)30-46(38-25-23-35(41)57(37)58(36)38)62-44-18-10-12-20-50(44)64-52-28-40-34-16-8-14-22-54(34)66-56(40)32-48(52)62/h7-32H,1-6H3. The smallest absolute Gasteiger partial charge is 0.152 e. The molecule has 6 heteroatoms. The van der Waals surface area contributed by atoms with E-state index in [4.69, 9.17) is 9.47 Å². The van der Waals surface area contributed by atoms with Crippen LogP contribution < -0.4 is 19.3 Å². The third-order valence-corrected chi connectivity index (χ3v) is 16.3. The van der Waals surface area contributed by atoms with Gasteiger partial charge in [0.2, 0.25) is 0 Å². The molecule has 0 unspecified atom stereocenters. The molecule has 0 fully saturated rings. The van der Waals surface area contributed by atoms with Crippen LogP contribution in [0.25, 0.3) is 72.7 Å². The molecule has 0 bridgehead atoms. The van der Waals surface area contributed by atoms with Gasteiger partial charge in [0, 0.05) is 51.1 Å². The Labute approximate surface area is 390 Å². The first-order chi connectivity index (χ1) is 32.0. The maximum Gasteiger partial charge on any atom is 0.152 e. The molecule has 0 spiro atoms. The Morgan fingerprint density at radius 3 is 1.15 bits per heavy atom. The monoisotopic (exact) mass is 888 g/mol. The van der Waals surface area contributed by atoms with E-state index in [2.05, 4.69) is 209 Å². The molecule has 4 nitrogen and oxygen atoms in total. The number of para-hydroxylation sites is 4. The van der Waals surface area contributed by atoms with E-state index < -0.39 is 0 Å². The van der Waals surface area contributed by atoms with Gasteiger partial charge in [-0.2, -0.15) is 0 Å². The van der Waals surface area contributed by atoms with Gasteiger partial charge in [-0.1, -0.05) is 126 Å². The number of fused-ring (bicyclic) bond motifs is 10. The first kappa shape index (κ1) is 38.2. The Morgan fingerprint density at radius 1 is 0.318 bits per heavy atom. The van der Waals surface area contributed by atoms with Crippen molar-refractivity contribution in [2.75, 3.05) is 9.80 Å². The van der Waals surface area contributed by atoms with Gasteiger partial charge in [-0.3, -0.25) is 0 Å². The SMILES string of the molecule is CC(C)(C)c1cc(N2c3ccccc3Oc3cc4c(cc32)sc2ccccc24)c2ccc3c(C(C)(C)C)cc(N4c5ccccc5Oc5cc6c(cc54)sc4ccccc46)c4ccc1c2c43. The van der Waals surface area contributed by atoms with Crippen molar-refractivity contribution in [3.8, 4) is 23.0 Å². The first-order valence-corrected chi connectivity index (χ1v) is 24.5. The van der Waals surface area contributed by atoms with Gasteiger partial charge in [0.05, 0.1) is 34.1 Å². The lowest BCUT2D eigenvalue weighted by Gasteiger charge is -2.37. The average Bonchev–Trinajstić information content (AvgIpc) is 3.86. The number of thiophene rings is 2. The maximum atomic E-state index is 6.86. The number of rotatable bonds is 2. The highest BCUT2D eigenvalue weighted by atomic mass is 32.1. The fourth-order valence-electron chi connectivity index (χ4n) is 11.0. The Hall–Kier alpha value is -7.12. The zero-order valence-electron chi connectivity index (χ0n) is 37.5. The average molecular weight is 889 g/mol. The molecule has 2 aromatic heterocycles. The molecule has 0 aliphatic carbocycles. The van der Waals surface area contributed by atoms with Crippen LogP contribution >= 0.6 is 22.7 Å². The van der Waals surface area contributed by atoms with Crippen molar-refractivity contribution in [2.24, 2.45) is 0 Å². The van der Waals surface area contributed by atoms with E-state index in [0.717, 1.165) is 57.1 Å². The predicted molar refractivity (Wildman–Crippen MR) is 283 cm³/mol. The van der Waals surface area contributed by atoms with E-state index in [9.17, 15) is 0 Å². The van der Waals surface area contributed by atoms with Crippen molar-refractivity contribution < 1.29 is 9.47 Å². The van der Waals surface area contributed by atoms with Crippen LogP contribution in [0.3, 0.4) is 0 Å². The number of hydrogen-bond acceptors (Lipinski definition) is 6. The van der Waals surface area contributed by atoms with Crippen LogP contribution in [0.4, 0.5) is 34.1 Å². The zero-order chi connectivity index (χ0) is 44.4. The molecule has 0 atom stereocenters. The van der Waals surface area contributed by atoms with Gasteiger partial charge in [-0.15, -0.1) is 22.7 Å². The lowest BCUT2D eigenvalue weighted by Crippen LogP contribution is -2.20. The summed E-state index contributed by atoms with van der Waals surface area (Å²) < 4.78 is 18.8. The van der Waals surface area contributed by atoms with Gasteiger partial charge in [0.1, 0.15) is 0 Å². The summed E-state index contributed by atoms with van der Waals surface area (Å²) in [5.41, 5.74) is 8.74. The topological polar surface area (TPSA) is 24.9 Å². The summed E-state index contributed by atoms with van der Waals surface area (Å²) in [6.45, 7) is 14.1. The van der Waals surface area contributed by atoms with Crippen LogP contribution in [0.5, 0.6) is 23.0 Å². The van der Waals surface area contributed by atoms with Crippen molar-refractivity contribution in [1.29, 1.82) is 0 Å². The molecule has 4 heterocycles. The maximum absolute atomic E-state index is 6.86. The van der Waals surface area contributed by atoms with Crippen molar-refractivity contribution >= 4 is 129 Å². The predicted octanol–water partition coefficient (Wildman–Crippen LogP) is 19.1. The van der Waals surface area contributed by atoms with Crippen LogP contribution in [0.1, 0.15) is 52.7 Å². The largest absolute Gasteiger partial charge is 0.453 e. The summed E-state index contributed by atoms with van der Waals surface area (Å²) >= 11 is 3.69. The number of hydrogen-bond donors (Lipinski definition) is 0. The molecule has 0 saturated carbocycles. The molecule has 318 valence electrons. The minimum Gasteiger partial charge on any atom is -0.453 e. The number of anilines is 6. The van der Waals surface area contributed by atoms with Crippen LogP contribution in [0, 0.1) is 0 Å². The summed E-state index contributed by atoms with van der Waals surface area (Å²) in [4.78, 5) is 4.96. The quantitative estimate of drug-likeness (QED) is 0.162. The molecule has 2 aliphatic heterocycles. The van der Waals surface area contributed by atoms with Crippen molar-refractivity contribution in [3.63, 3.8) is 0 Å². The summed E-state index contributed by atoms with van der Waals surface area (Å²) in [5, 5.41) is 12.5. The van der Waals surface area contributed by atoms with Gasteiger partial charge < -0.3 is 19.3 Å². The Kier molecular flexibility index (Phi) is 7.66. The number of benzene rings is 10. The van der Waals surface area contributed by atoms with Gasteiger partial charge in [-0.25, -0.2) is 0 Å². The highest BCUT2D eigenvalue weighted by Gasteiger charge is 2.34.